The molecule has 0 aliphatic heterocycles. The molecule has 1 aliphatic carbocycles. The molecule has 0 unspecified atom stereocenters. The Morgan fingerprint density at radius 2 is 2.06 bits per heavy atom. The molecule has 0 radical (unpaired) electrons. The van der Waals surface area contributed by atoms with Gasteiger partial charge in [0.1, 0.15) is 5.82 Å². The SMILES string of the molecule is CN(C1CCC1)S(=O)(=O)c1ccc(F)cc1Br. The van der Waals surface area contributed by atoms with Crippen LogP contribution in [0.2, 0.25) is 0 Å². The van der Waals surface area contributed by atoms with E-state index < -0.39 is 15.8 Å². The summed E-state index contributed by atoms with van der Waals surface area (Å²) < 4.78 is 39.1. The number of hydrogen-bond acceptors (Lipinski definition) is 2. The van der Waals surface area contributed by atoms with Crippen LogP contribution in [0.3, 0.4) is 0 Å². The highest BCUT2D eigenvalue weighted by Gasteiger charge is 2.32. The summed E-state index contributed by atoms with van der Waals surface area (Å²) in [5.74, 6) is -0.456. The van der Waals surface area contributed by atoms with Crippen molar-refractivity contribution in [1.82, 2.24) is 4.31 Å². The van der Waals surface area contributed by atoms with Gasteiger partial charge in [0.05, 0.1) is 4.90 Å². The van der Waals surface area contributed by atoms with Crippen LogP contribution in [0, 0.1) is 5.82 Å². The molecule has 17 heavy (non-hydrogen) atoms. The molecule has 3 nitrogen and oxygen atoms in total. The Morgan fingerprint density at radius 3 is 2.53 bits per heavy atom. The van der Waals surface area contributed by atoms with E-state index in [1.807, 2.05) is 0 Å². The minimum Gasteiger partial charge on any atom is -0.207 e. The normalized spacial score (nSPS) is 17.2. The maximum absolute atomic E-state index is 12.9. The summed E-state index contributed by atoms with van der Waals surface area (Å²) in [4.78, 5) is 0.119. The molecular formula is C11H13BrFNO2S. The van der Waals surface area contributed by atoms with Gasteiger partial charge in [0.15, 0.2) is 0 Å². The molecule has 0 heterocycles. The van der Waals surface area contributed by atoms with Crippen LogP contribution in [-0.2, 0) is 10.0 Å². The number of rotatable bonds is 3. The molecule has 0 bridgehead atoms. The van der Waals surface area contributed by atoms with Gasteiger partial charge in [-0.05, 0) is 47.0 Å². The average molecular weight is 322 g/mol. The zero-order valence-electron chi connectivity index (χ0n) is 9.36. The first kappa shape index (κ1) is 13.0. The van der Waals surface area contributed by atoms with Crippen LogP contribution in [0.4, 0.5) is 4.39 Å². The predicted molar refractivity (Wildman–Crippen MR) is 66.7 cm³/mol. The highest BCUT2D eigenvalue weighted by atomic mass is 79.9. The molecule has 1 aromatic rings. The molecule has 2 rings (SSSR count). The van der Waals surface area contributed by atoms with E-state index in [1.165, 1.54) is 16.4 Å². The Balaban J connectivity index is 2.36. The summed E-state index contributed by atoms with van der Waals surface area (Å²) in [6, 6.07) is 3.70. The minimum atomic E-state index is -3.53. The number of halogens is 2. The smallest absolute Gasteiger partial charge is 0.207 e. The Labute approximate surface area is 109 Å². The molecule has 94 valence electrons. The lowest BCUT2D eigenvalue weighted by Gasteiger charge is -2.33. The second-order valence-electron chi connectivity index (χ2n) is 4.18. The van der Waals surface area contributed by atoms with Crippen molar-refractivity contribution in [2.45, 2.75) is 30.2 Å². The Hall–Kier alpha value is -0.460. The molecular weight excluding hydrogens is 309 g/mol. The highest BCUT2D eigenvalue weighted by Crippen LogP contribution is 2.31. The monoisotopic (exact) mass is 321 g/mol. The standard InChI is InChI=1S/C11H13BrFNO2S/c1-14(9-3-2-4-9)17(15,16)11-6-5-8(13)7-10(11)12/h5-7,9H,2-4H2,1H3. The van der Waals surface area contributed by atoms with Crippen LogP contribution < -0.4 is 0 Å². The molecule has 0 amide bonds. The second-order valence-corrected chi connectivity index (χ2v) is 7.00. The van der Waals surface area contributed by atoms with Gasteiger partial charge in [-0.2, -0.15) is 4.31 Å². The summed E-state index contributed by atoms with van der Waals surface area (Å²) in [6.07, 6.45) is 2.86. The third-order valence-electron chi connectivity index (χ3n) is 3.14. The Bertz CT molecular complexity index is 528. The fraction of sp³-hybridized carbons (Fsp3) is 0.455. The van der Waals surface area contributed by atoms with Crippen LogP contribution in [0.1, 0.15) is 19.3 Å². The maximum atomic E-state index is 12.9. The van der Waals surface area contributed by atoms with Gasteiger partial charge in [0.25, 0.3) is 0 Å². The zero-order chi connectivity index (χ0) is 12.6. The average Bonchev–Trinajstić information content (AvgIpc) is 2.13. The van der Waals surface area contributed by atoms with Crippen LogP contribution in [0.5, 0.6) is 0 Å². The lowest BCUT2D eigenvalue weighted by molar-refractivity contribution is 0.249. The molecule has 1 saturated carbocycles. The Morgan fingerprint density at radius 1 is 1.41 bits per heavy atom. The topological polar surface area (TPSA) is 37.4 Å². The van der Waals surface area contributed by atoms with Crippen molar-refractivity contribution in [2.24, 2.45) is 0 Å². The van der Waals surface area contributed by atoms with Crippen molar-refractivity contribution in [3.8, 4) is 0 Å². The van der Waals surface area contributed by atoms with Gasteiger partial charge in [-0.25, -0.2) is 12.8 Å². The quantitative estimate of drug-likeness (QED) is 0.858. The Kier molecular flexibility index (Phi) is 3.56. The largest absolute Gasteiger partial charge is 0.244 e. The molecule has 0 atom stereocenters. The fourth-order valence-electron chi connectivity index (χ4n) is 1.79. The minimum absolute atomic E-state index is 0.0805. The van der Waals surface area contributed by atoms with Gasteiger partial charge >= 0.3 is 0 Å². The number of benzene rings is 1. The first-order valence-corrected chi connectivity index (χ1v) is 7.59. The third kappa shape index (κ3) is 2.39. The summed E-state index contributed by atoms with van der Waals surface area (Å²) in [5.41, 5.74) is 0. The highest BCUT2D eigenvalue weighted by molar-refractivity contribution is 9.10. The maximum Gasteiger partial charge on any atom is 0.244 e. The number of hydrogen-bond donors (Lipinski definition) is 0. The molecule has 1 aromatic carbocycles. The van der Waals surface area contributed by atoms with Crippen molar-refractivity contribution >= 4 is 26.0 Å². The van der Waals surface area contributed by atoms with E-state index in [1.54, 1.807) is 7.05 Å². The van der Waals surface area contributed by atoms with Gasteiger partial charge in [-0.3, -0.25) is 0 Å². The van der Waals surface area contributed by atoms with Crippen molar-refractivity contribution in [3.05, 3.63) is 28.5 Å². The van der Waals surface area contributed by atoms with Gasteiger partial charge in [0.2, 0.25) is 10.0 Å². The van der Waals surface area contributed by atoms with Crippen molar-refractivity contribution in [3.63, 3.8) is 0 Å². The molecule has 0 aromatic heterocycles. The van der Waals surface area contributed by atoms with Gasteiger partial charge < -0.3 is 0 Å². The van der Waals surface area contributed by atoms with Crippen molar-refractivity contribution < 1.29 is 12.8 Å². The van der Waals surface area contributed by atoms with Gasteiger partial charge in [-0.15, -0.1) is 0 Å². The lowest BCUT2D eigenvalue weighted by atomic mass is 9.94. The van der Waals surface area contributed by atoms with E-state index in [0.717, 1.165) is 25.3 Å². The van der Waals surface area contributed by atoms with E-state index in [9.17, 15) is 12.8 Å². The summed E-state index contributed by atoms with van der Waals surface area (Å²) in [6.45, 7) is 0. The summed E-state index contributed by atoms with van der Waals surface area (Å²) >= 11 is 3.09. The van der Waals surface area contributed by atoms with Gasteiger partial charge in [0, 0.05) is 17.6 Å². The zero-order valence-corrected chi connectivity index (χ0v) is 11.8. The first-order valence-electron chi connectivity index (χ1n) is 5.36. The number of sulfonamides is 1. The van der Waals surface area contributed by atoms with E-state index >= 15 is 0 Å². The van der Waals surface area contributed by atoms with Crippen molar-refractivity contribution in [1.29, 1.82) is 0 Å². The molecule has 0 spiro atoms. The predicted octanol–water partition coefficient (Wildman–Crippen LogP) is 2.76. The second kappa shape index (κ2) is 4.66. The van der Waals surface area contributed by atoms with E-state index in [2.05, 4.69) is 15.9 Å². The van der Waals surface area contributed by atoms with Gasteiger partial charge in [-0.1, -0.05) is 6.42 Å². The van der Waals surface area contributed by atoms with E-state index in [0.29, 0.717) is 0 Å². The summed E-state index contributed by atoms with van der Waals surface area (Å²) in [7, 11) is -1.95. The molecule has 0 saturated heterocycles. The molecule has 1 aliphatic rings. The first-order chi connectivity index (χ1) is 7.93. The molecule has 0 N–H and O–H groups in total. The molecule has 1 fully saturated rings. The fourth-order valence-corrected chi connectivity index (χ4v) is 4.21. The number of nitrogens with zero attached hydrogens (tertiary/aromatic N) is 1. The van der Waals surface area contributed by atoms with Crippen LogP contribution >= 0.6 is 15.9 Å². The summed E-state index contributed by atoms with van der Waals surface area (Å²) in [5, 5.41) is 0. The van der Waals surface area contributed by atoms with Crippen LogP contribution in [0.15, 0.2) is 27.6 Å². The van der Waals surface area contributed by atoms with E-state index in [4.69, 9.17) is 0 Å². The van der Waals surface area contributed by atoms with E-state index in [-0.39, 0.29) is 15.4 Å². The molecule has 6 heteroatoms. The third-order valence-corrected chi connectivity index (χ3v) is 6.03. The van der Waals surface area contributed by atoms with Crippen LogP contribution in [0.25, 0.3) is 0 Å². The lowest BCUT2D eigenvalue weighted by Crippen LogP contribution is -2.41. The van der Waals surface area contributed by atoms with Crippen molar-refractivity contribution in [2.75, 3.05) is 7.05 Å². The van der Waals surface area contributed by atoms with Crippen LogP contribution in [-0.4, -0.2) is 25.8 Å².